The van der Waals surface area contributed by atoms with Crippen LogP contribution in [0.15, 0.2) is 41.5 Å². The molecule has 0 aromatic heterocycles. The molecule has 0 aliphatic rings. The maximum Gasteiger partial charge on any atom is 0.257 e. The fraction of sp³-hybridized carbons (Fsp3) is 0.308. The molecule has 0 saturated carbocycles. The van der Waals surface area contributed by atoms with Crippen LogP contribution in [-0.4, -0.2) is 17.1 Å². The minimum absolute atomic E-state index is 0.398. The maximum atomic E-state index is 11.7. The number of nitrogens with one attached hydrogen (secondary N) is 1. The molecule has 16 heavy (non-hydrogen) atoms. The van der Waals surface area contributed by atoms with E-state index in [1.807, 2.05) is 32.0 Å². The fourth-order valence-electron chi connectivity index (χ4n) is 1.20. The molecule has 0 aliphatic heterocycles. The molecule has 0 saturated heterocycles. The van der Waals surface area contributed by atoms with E-state index >= 15 is 0 Å². The first-order valence-electron chi connectivity index (χ1n) is 5.20. The van der Waals surface area contributed by atoms with Crippen LogP contribution in [-0.2, 0) is 4.79 Å². The summed E-state index contributed by atoms with van der Waals surface area (Å²) in [6.07, 6.45) is -1.08. The lowest BCUT2D eigenvalue weighted by molar-refractivity contribution is -0.122. The number of anilines is 1. The summed E-state index contributed by atoms with van der Waals surface area (Å²) in [6.45, 7) is 5.49. The number of benzene rings is 1. The zero-order chi connectivity index (χ0) is 12.1. The second kappa shape index (κ2) is 5.47. The van der Waals surface area contributed by atoms with Gasteiger partial charge in [0.05, 0.1) is 0 Å². The molecule has 0 aliphatic carbocycles. The molecule has 3 nitrogen and oxygen atoms in total. The Morgan fingerprint density at radius 3 is 2.25 bits per heavy atom. The van der Waals surface area contributed by atoms with E-state index in [4.69, 9.17) is 0 Å². The van der Waals surface area contributed by atoms with Crippen LogP contribution in [0.25, 0.3) is 0 Å². The third-order valence-corrected chi connectivity index (χ3v) is 2.49. The highest BCUT2D eigenvalue weighted by Gasteiger charge is 2.17. The lowest BCUT2D eigenvalue weighted by Crippen LogP contribution is -2.29. The fourth-order valence-corrected chi connectivity index (χ4v) is 1.20. The molecule has 3 heteroatoms. The van der Waals surface area contributed by atoms with Crippen LogP contribution in [0.2, 0.25) is 0 Å². The first kappa shape index (κ1) is 12.5. The van der Waals surface area contributed by atoms with Crippen molar-refractivity contribution < 1.29 is 9.90 Å². The van der Waals surface area contributed by atoms with Gasteiger partial charge in [-0.15, -0.1) is 0 Å². The molecule has 0 spiro atoms. The first-order valence-corrected chi connectivity index (χ1v) is 5.20. The highest BCUT2D eigenvalue weighted by atomic mass is 16.3. The van der Waals surface area contributed by atoms with E-state index in [2.05, 4.69) is 5.32 Å². The van der Waals surface area contributed by atoms with Crippen molar-refractivity contribution in [3.8, 4) is 0 Å². The summed E-state index contributed by atoms with van der Waals surface area (Å²) in [7, 11) is 0. The number of carbonyl (C=O) groups excluding carboxylic acids is 1. The predicted molar refractivity (Wildman–Crippen MR) is 65.1 cm³/mol. The van der Waals surface area contributed by atoms with Crippen LogP contribution in [0.3, 0.4) is 0 Å². The Bertz CT molecular complexity index is 392. The van der Waals surface area contributed by atoms with Crippen molar-refractivity contribution in [1.82, 2.24) is 0 Å². The predicted octanol–water partition coefficient (Wildman–Crippen LogP) is 2.34. The van der Waals surface area contributed by atoms with Gasteiger partial charge in [-0.3, -0.25) is 4.79 Å². The topological polar surface area (TPSA) is 49.3 Å². The average Bonchev–Trinajstić information content (AvgIpc) is 2.28. The highest BCUT2D eigenvalue weighted by molar-refractivity contribution is 5.95. The smallest absolute Gasteiger partial charge is 0.257 e. The number of aliphatic hydroxyl groups is 1. The number of hydrogen-bond donors (Lipinski definition) is 2. The summed E-state index contributed by atoms with van der Waals surface area (Å²) in [6, 6.07) is 9.09. The first-order chi connectivity index (χ1) is 7.52. The quantitative estimate of drug-likeness (QED) is 0.767. The molecule has 86 valence electrons. The molecule has 0 bridgehead atoms. The standard InChI is InChI=1S/C13H17NO2/c1-9(2)10(3)12(15)13(16)14-11-7-5-4-6-8-11/h4-8,12,15H,1-3H3,(H,14,16)/t12-/m1/s1. The van der Waals surface area contributed by atoms with Gasteiger partial charge in [0.25, 0.3) is 5.91 Å². The van der Waals surface area contributed by atoms with E-state index in [0.717, 1.165) is 5.57 Å². The van der Waals surface area contributed by atoms with Gasteiger partial charge >= 0.3 is 0 Å². The van der Waals surface area contributed by atoms with Gasteiger partial charge in [-0.1, -0.05) is 23.8 Å². The Balaban J connectivity index is 2.71. The van der Waals surface area contributed by atoms with Gasteiger partial charge in [-0.25, -0.2) is 0 Å². The second-order valence-corrected chi connectivity index (χ2v) is 3.94. The molecule has 0 heterocycles. The average molecular weight is 219 g/mol. The van der Waals surface area contributed by atoms with Crippen molar-refractivity contribution >= 4 is 11.6 Å². The van der Waals surface area contributed by atoms with Crippen molar-refractivity contribution in [2.45, 2.75) is 26.9 Å². The molecule has 1 rings (SSSR count). The number of carbonyl (C=O) groups is 1. The van der Waals surface area contributed by atoms with Crippen molar-refractivity contribution in [1.29, 1.82) is 0 Å². The van der Waals surface area contributed by atoms with E-state index in [-0.39, 0.29) is 0 Å². The van der Waals surface area contributed by atoms with E-state index in [1.54, 1.807) is 19.1 Å². The van der Waals surface area contributed by atoms with E-state index < -0.39 is 12.0 Å². The Labute approximate surface area is 95.8 Å². The molecule has 0 unspecified atom stereocenters. The van der Waals surface area contributed by atoms with E-state index in [9.17, 15) is 9.90 Å². The number of rotatable bonds is 3. The lowest BCUT2D eigenvalue weighted by Gasteiger charge is -2.13. The Morgan fingerprint density at radius 2 is 1.75 bits per heavy atom. The van der Waals surface area contributed by atoms with Gasteiger partial charge in [-0.05, 0) is 38.5 Å². The maximum absolute atomic E-state index is 11.7. The van der Waals surface area contributed by atoms with Gasteiger partial charge in [0.2, 0.25) is 0 Å². The summed E-state index contributed by atoms with van der Waals surface area (Å²) in [5.74, 6) is -0.398. The Hall–Kier alpha value is -1.61. The molecule has 1 aromatic carbocycles. The van der Waals surface area contributed by atoms with Gasteiger partial charge < -0.3 is 10.4 Å². The zero-order valence-electron chi connectivity index (χ0n) is 9.82. The van der Waals surface area contributed by atoms with E-state index in [1.165, 1.54) is 0 Å². The van der Waals surface area contributed by atoms with Crippen LogP contribution >= 0.6 is 0 Å². The molecule has 0 radical (unpaired) electrons. The molecule has 2 N–H and O–H groups in total. The van der Waals surface area contributed by atoms with Crippen molar-refractivity contribution in [2.24, 2.45) is 0 Å². The van der Waals surface area contributed by atoms with Crippen LogP contribution in [0.1, 0.15) is 20.8 Å². The summed E-state index contributed by atoms with van der Waals surface area (Å²) in [5.41, 5.74) is 2.33. The number of allylic oxidation sites excluding steroid dienone is 1. The number of hydrogen-bond acceptors (Lipinski definition) is 2. The number of para-hydroxylation sites is 1. The van der Waals surface area contributed by atoms with Gasteiger partial charge in [0.15, 0.2) is 6.10 Å². The van der Waals surface area contributed by atoms with Crippen molar-refractivity contribution in [3.05, 3.63) is 41.5 Å². The normalized spacial score (nSPS) is 11.8. The SMILES string of the molecule is CC(C)=C(C)[C@@H](O)C(=O)Nc1ccccc1. The molecule has 1 atom stereocenters. The number of aliphatic hydroxyl groups excluding tert-OH is 1. The third-order valence-electron chi connectivity index (χ3n) is 2.49. The van der Waals surface area contributed by atoms with Crippen LogP contribution in [0, 0.1) is 0 Å². The third kappa shape index (κ3) is 3.21. The summed E-state index contributed by atoms with van der Waals surface area (Å²) < 4.78 is 0. The minimum atomic E-state index is -1.08. The molecule has 1 aromatic rings. The molecule has 1 amide bonds. The Kier molecular flexibility index (Phi) is 4.26. The largest absolute Gasteiger partial charge is 0.379 e. The molecule has 0 fully saturated rings. The summed E-state index contributed by atoms with van der Waals surface area (Å²) >= 11 is 0. The molecular formula is C13H17NO2. The van der Waals surface area contributed by atoms with Crippen LogP contribution < -0.4 is 5.32 Å². The second-order valence-electron chi connectivity index (χ2n) is 3.94. The monoisotopic (exact) mass is 219 g/mol. The van der Waals surface area contributed by atoms with Gasteiger partial charge in [-0.2, -0.15) is 0 Å². The molecular weight excluding hydrogens is 202 g/mol. The van der Waals surface area contributed by atoms with Crippen molar-refractivity contribution in [2.75, 3.05) is 5.32 Å². The van der Waals surface area contributed by atoms with Crippen LogP contribution in [0.5, 0.6) is 0 Å². The van der Waals surface area contributed by atoms with Gasteiger partial charge in [0.1, 0.15) is 0 Å². The summed E-state index contributed by atoms with van der Waals surface area (Å²) in [5, 5.41) is 12.4. The van der Waals surface area contributed by atoms with Crippen LogP contribution in [0.4, 0.5) is 5.69 Å². The number of amides is 1. The highest BCUT2D eigenvalue weighted by Crippen LogP contribution is 2.11. The lowest BCUT2D eigenvalue weighted by atomic mass is 10.1. The Morgan fingerprint density at radius 1 is 1.19 bits per heavy atom. The minimum Gasteiger partial charge on any atom is -0.379 e. The van der Waals surface area contributed by atoms with E-state index in [0.29, 0.717) is 11.3 Å². The van der Waals surface area contributed by atoms with Crippen molar-refractivity contribution in [3.63, 3.8) is 0 Å². The summed E-state index contributed by atoms with van der Waals surface area (Å²) in [4.78, 5) is 11.7. The zero-order valence-corrected chi connectivity index (χ0v) is 9.82. The van der Waals surface area contributed by atoms with Gasteiger partial charge in [0, 0.05) is 5.69 Å².